The van der Waals surface area contributed by atoms with Crippen LogP contribution in [-0.4, -0.2) is 26.3 Å². The molecule has 0 aliphatic heterocycles. The summed E-state index contributed by atoms with van der Waals surface area (Å²) in [5.74, 6) is 0.983. The highest BCUT2D eigenvalue weighted by molar-refractivity contribution is 5.67. The smallest absolute Gasteiger partial charge is 0.214 e. The monoisotopic (exact) mass is 278 g/mol. The Morgan fingerprint density at radius 1 is 0.950 bits per heavy atom. The average molecular weight is 278 g/mol. The van der Waals surface area contributed by atoms with Crippen molar-refractivity contribution in [1.29, 1.82) is 0 Å². The van der Waals surface area contributed by atoms with Crippen LogP contribution >= 0.6 is 0 Å². The molecule has 0 amide bonds. The lowest BCUT2D eigenvalue weighted by Crippen LogP contribution is -1.98. The van der Waals surface area contributed by atoms with Gasteiger partial charge in [-0.25, -0.2) is 4.98 Å². The third-order valence-corrected chi connectivity index (χ3v) is 2.68. The van der Waals surface area contributed by atoms with Gasteiger partial charge in [0.2, 0.25) is 11.7 Å². The van der Waals surface area contributed by atoms with Crippen molar-refractivity contribution in [2.75, 3.05) is 26.6 Å². The molecule has 1 N–H and O–H groups in total. The van der Waals surface area contributed by atoms with Crippen molar-refractivity contribution in [3.05, 3.63) is 36.4 Å². The molecule has 0 unspecified atom stereocenters. The molecule has 5 nitrogen and oxygen atoms in total. The van der Waals surface area contributed by atoms with Crippen molar-refractivity contribution in [2.45, 2.75) is 0 Å². The van der Waals surface area contributed by atoms with Crippen molar-refractivity contribution in [1.82, 2.24) is 4.98 Å². The van der Waals surface area contributed by atoms with Crippen molar-refractivity contribution in [3.63, 3.8) is 0 Å². The minimum atomic E-state index is -0.553. The second kappa shape index (κ2) is 6.10. The molecule has 0 aliphatic carbocycles. The minimum Gasteiger partial charge on any atom is -0.493 e. The van der Waals surface area contributed by atoms with E-state index in [1.165, 1.54) is 33.6 Å². The van der Waals surface area contributed by atoms with E-state index in [-0.39, 0.29) is 0 Å². The van der Waals surface area contributed by atoms with Gasteiger partial charge in [-0.1, -0.05) is 0 Å². The Morgan fingerprint density at radius 2 is 1.60 bits per heavy atom. The maximum Gasteiger partial charge on any atom is 0.214 e. The van der Waals surface area contributed by atoms with Crippen LogP contribution in [0.3, 0.4) is 0 Å². The summed E-state index contributed by atoms with van der Waals surface area (Å²) in [6.07, 6.45) is 1.38. The molecule has 6 heteroatoms. The maximum atomic E-state index is 13.1. The van der Waals surface area contributed by atoms with Gasteiger partial charge >= 0.3 is 0 Å². The van der Waals surface area contributed by atoms with Gasteiger partial charge in [0.1, 0.15) is 0 Å². The number of rotatable bonds is 5. The van der Waals surface area contributed by atoms with Crippen molar-refractivity contribution in [3.8, 4) is 17.2 Å². The number of nitrogens with one attached hydrogen (secondary N) is 1. The Balaban J connectivity index is 2.37. The fourth-order valence-electron chi connectivity index (χ4n) is 1.80. The molecule has 0 radical (unpaired) electrons. The number of benzene rings is 1. The molecular formula is C14H15FN2O3. The van der Waals surface area contributed by atoms with E-state index in [0.717, 1.165) is 0 Å². The van der Waals surface area contributed by atoms with Crippen molar-refractivity contribution < 1.29 is 18.6 Å². The molecule has 106 valence electrons. The van der Waals surface area contributed by atoms with E-state index >= 15 is 0 Å². The number of nitrogens with zero attached hydrogens (tertiary/aromatic N) is 1. The Labute approximate surface area is 116 Å². The standard InChI is InChI=1S/C14H15FN2O3/c1-18-11-6-10(7-12(19-2)14(11)20-3)17-9-4-5-16-13(15)8-9/h4-8H,1-3H3,(H,16,17). The average Bonchev–Trinajstić information content (AvgIpc) is 2.46. The van der Waals surface area contributed by atoms with E-state index < -0.39 is 5.95 Å². The fraction of sp³-hybridized carbons (Fsp3) is 0.214. The number of hydrogen-bond acceptors (Lipinski definition) is 5. The van der Waals surface area contributed by atoms with Crippen LogP contribution in [0.4, 0.5) is 15.8 Å². The molecule has 1 aromatic heterocycles. The summed E-state index contributed by atoms with van der Waals surface area (Å²) in [4.78, 5) is 3.50. The SMILES string of the molecule is COc1cc(Nc2ccnc(F)c2)cc(OC)c1OC. The van der Waals surface area contributed by atoms with Crippen molar-refractivity contribution >= 4 is 11.4 Å². The lowest BCUT2D eigenvalue weighted by Gasteiger charge is -2.15. The van der Waals surface area contributed by atoms with Crippen LogP contribution in [0, 0.1) is 5.95 Å². The lowest BCUT2D eigenvalue weighted by atomic mass is 10.2. The Hall–Kier alpha value is -2.50. The Morgan fingerprint density at radius 3 is 2.10 bits per heavy atom. The second-order valence-electron chi connectivity index (χ2n) is 3.91. The summed E-state index contributed by atoms with van der Waals surface area (Å²) in [6, 6.07) is 6.43. The highest BCUT2D eigenvalue weighted by atomic mass is 19.1. The molecule has 1 aromatic carbocycles. The first kappa shape index (κ1) is 13.9. The third kappa shape index (κ3) is 2.90. The zero-order chi connectivity index (χ0) is 14.5. The number of pyridine rings is 1. The number of hydrogen-bond donors (Lipinski definition) is 1. The molecule has 0 saturated heterocycles. The van der Waals surface area contributed by atoms with Gasteiger partial charge in [0.25, 0.3) is 0 Å². The topological polar surface area (TPSA) is 52.6 Å². The predicted molar refractivity (Wildman–Crippen MR) is 73.6 cm³/mol. The Bertz CT molecular complexity index is 580. The first-order valence-electron chi connectivity index (χ1n) is 5.86. The molecule has 2 aromatic rings. The van der Waals surface area contributed by atoms with Crippen LogP contribution in [0.15, 0.2) is 30.5 Å². The van der Waals surface area contributed by atoms with Gasteiger partial charge in [-0.15, -0.1) is 0 Å². The van der Waals surface area contributed by atoms with Gasteiger partial charge in [0.15, 0.2) is 11.5 Å². The summed E-state index contributed by atoms with van der Waals surface area (Å²) < 4.78 is 28.8. The summed E-state index contributed by atoms with van der Waals surface area (Å²) in [5, 5.41) is 3.05. The van der Waals surface area contributed by atoms with Gasteiger partial charge in [-0.3, -0.25) is 0 Å². The zero-order valence-corrected chi connectivity index (χ0v) is 11.4. The van der Waals surface area contributed by atoms with Gasteiger partial charge in [-0.05, 0) is 6.07 Å². The molecule has 0 fully saturated rings. The maximum absolute atomic E-state index is 13.1. The molecule has 0 spiro atoms. The first-order chi connectivity index (χ1) is 9.67. The van der Waals surface area contributed by atoms with Gasteiger partial charge in [0.05, 0.1) is 21.3 Å². The summed E-state index contributed by atoms with van der Waals surface area (Å²) in [5.41, 5.74) is 1.26. The minimum absolute atomic E-state index is 0.501. The second-order valence-corrected chi connectivity index (χ2v) is 3.91. The van der Waals surface area contributed by atoms with Crippen molar-refractivity contribution in [2.24, 2.45) is 0 Å². The highest BCUT2D eigenvalue weighted by Gasteiger charge is 2.13. The molecule has 2 rings (SSSR count). The van der Waals surface area contributed by atoms with Crippen LogP contribution in [-0.2, 0) is 0 Å². The summed E-state index contributed by atoms with van der Waals surface area (Å²) >= 11 is 0. The molecule has 20 heavy (non-hydrogen) atoms. The van der Waals surface area contributed by atoms with Crippen LogP contribution in [0.25, 0.3) is 0 Å². The van der Waals surface area contributed by atoms with Gasteiger partial charge < -0.3 is 19.5 Å². The van der Waals surface area contributed by atoms with E-state index in [2.05, 4.69) is 10.3 Å². The molecule has 0 bridgehead atoms. The predicted octanol–water partition coefficient (Wildman–Crippen LogP) is 2.99. The molecular weight excluding hydrogens is 263 g/mol. The number of methoxy groups -OCH3 is 3. The molecule has 0 aliphatic rings. The normalized spacial score (nSPS) is 10.0. The molecule has 0 atom stereocenters. The third-order valence-electron chi connectivity index (χ3n) is 2.68. The first-order valence-corrected chi connectivity index (χ1v) is 5.86. The van der Waals surface area contributed by atoms with Crippen LogP contribution in [0.5, 0.6) is 17.2 Å². The van der Waals surface area contributed by atoms with E-state index in [0.29, 0.717) is 28.6 Å². The van der Waals surface area contributed by atoms with E-state index in [9.17, 15) is 4.39 Å². The summed E-state index contributed by atoms with van der Waals surface area (Å²) in [6.45, 7) is 0. The zero-order valence-electron chi connectivity index (χ0n) is 11.4. The highest BCUT2D eigenvalue weighted by Crippen LogP contribution is 2.40. The van der Waals surface area contributed by atoms with E-state index in [4.69, 9.17) is 14.2 Å². The van der Waals surface area contributed by atoms with Crippen LogP contribution < -0.4 is 19.5 Å². The van der Waals surface area contributed by atoms with E-state index in [1.54, 1.807) is 18.2 Å². The fourth-order valence-corrected chi connectivity index (χ4v) is 1.80. The van der Waals surface area contributed by atoms with Gasteiger partial charge in [-0.2, -0.15) is 4.39 Å². The number of aromatic nitrogens is 1. The quantitative estimate of drug-likeness (QED) is 0.852. The molecule has 1 heterocycles. The van der Waals surface area contributed by atoms with Gasteiger partial charge in [0, 0.05) is 35.8 Å². The molecule has 0 saturated carbocycles. The summed E-state index contributed by atoms with van der Waals surface area (Å²) in [7, 11) is 4.60. The number of ether oxygens (including phenoxy) is 3. The van der Waals surface area contributed by atoms with Crippen LogP contribution in [0.1, 0.15) is 0 Å². The largest absolute Gasteiger partial charge is 0.493 e. The number of halogens is 1. The van der Waals surface area contributed by atoms with Crippen LogP contribution in [0.2, 0.25) is 0 Å². The lowest BCUT2D eigenvalue weighted by molar-refractivity contribution is 0.324. The Kier molecular flexibility index (Phi) is 4.24. The van der Waals surface area contributed by atoms with E-state index in [1.807, 2.05) is 0 Å². The number of anilines is 2.